The van der Waals surface area contributed by atoms with Gasteiger partial charge in [0.15, 0.2) is 6.29 Å². The van der Waals surface area contributed by atoms with Crippen molar-refractivity contribution in [1.29, 1.82) is 0 Å². The van der Waals surface area contributed by atoms with Gasteiger partial charge in [-0.15, -0.1) is 0 Å². The van der Waals surface area contributed by atoms with Crippen LogP contribution in [0.2, 0.25) is 0 Å². The second-order valence-electron chi connectivity index (χ2n) is 8.34. The number of para-hydroxylation sites is 1. The van der Waals surface area contributed by atoms with E-state index in [1.807, 2.05) is 28.8 Å². The van der Waals surface area contributed by atoms with Crippen molar-refractivity contribution in [3.63, 3.8) is 0 Å². The number of aldehydes is 1. The zero-order valence-corrected chi connectivity index (χ0v) is 18.9. The van der Waals surface area contributed by atoms with Gasteiger partial charge in [-0.25, -0.2) is 4.79 Å². The van der Waals surface area contributed by atoms with E-state index in [4.69, 9.17) is 4.74 Å². The molecule has 0 N–H and O–H groups in total. The standard InChI is InChI=1S/C26H39NO3/c1-3-4-5-6-7-8-9-10-11-12-13-14-19-25(26(29)30-2)27-20-22(21-28)23-17-15-16-18-24(23)27/h15-18,20-21,25H,3-14,19H2,1-2H3. The highest BCUT2D eigenvalue weighted by Crippen LogP contribution is 2.27. The number of esters is 1. The van der Waals surface area contributed by atoms with E-state index in [0.29, 0.717) is 5.56 Å². The first kappa shape index (κ1) is 24.2. The van der Waals surface area contributed by atoms with E-state index in [1.165, 1.54) is 71.3 Å². The van der Waals surface area contributed by atoms with Gasteiger partial charge in [-0.3, -0.25) is 4.79 Å². The van der Waals surface area contributed by atoms with Crippen LogP contribution < -0.4 is 0 Å². The van der Waals surface area contributed by atoms with E-state index in [0.717, 1.165) is 36.5 Å². The first-order chi connectivity index (χ1) is 14.7. The second-order valence-corrected chi connectivity index (χ2v) is 8.34. The fourth-order valence-corrected chi connectivity index (χ4v) is 4.27. The van der Waals surface area contributed by atoms with E-state index in [9.17, 15) is 9.59 Å². The van der Waals surface area contributed by atoms with E-state index >= 15 is 0 Å². The minimum Gasteiger partial charge on any atom is -0.467 e. The molecule has 0 fully saturated rings. The monoisotopic (exact) mass is 413 g/mol. The molecule has 1 aromatic heterocycles. The Balaban J connectivity index is 1.75. The van der Waals surface area contributed by atoms with E-state index in [-0.39, 0.29) is 12.0 Å². The Morgan fingerprint density at radius 3 is 2.07 bits per heavy atom. The average Bonchev–Trinajstić information content (AvgIpc) is 3.15. The van der Waals surface area contributed by atoms with Crippen LogP contribution in [0, 0.1) is 0 Å². The van der Waals surface area contributed by atoms with Gasteiger partial charge >= 0.3 is 5.97 Å². The normalized spacial score (nSPS) is 12.2. The van der Waals surface area contributed by atoms with Crippen molar-refractivity contribution in [2.75, 3.05) is 7.11 Å². The fourth-order valence-electron chi connectivity index (χ4n) is 4.27. The van der Waals surface area contributed by atoms with Crippen molar-refractivity contribution >= 4 is 23.2 Å². The lowest BCUT2D eigenvalue weighted by atomic mass is 10.0. The third-order valence-electron chi connectivity index (χ3n) is 6.04. The Kier molecular flexibility index (Phi) is 11.3. The Hall–Kier alpha value is -2.10. The summed E-state index contributed by atoms with van der Waals surface area (Å²) in [5, 5.41) is 0.885. The lowest BCUT2D eigenvalue weighted by molar-refractivity contribution is -0.144. The molecular weight excluding hydrogens is 374 g/mol. The summed E-state index contributed by atoms with van der Waals surface area (Å²) < 4.78 is 6.99. The predicted molar refractivity (Wildman–Crippen MR) is 124 cm³/mol. The average molecular weight is 414 g/mol. The smallest absolute Gasteiger partial charge is 0.328 e. The van der Waals surface area contributed by atoms with Crippen molar-refractivity contribution in [2.24, 2.45) is 0 Å². The molecule has 1 unspecified atom stereocenters. The molecule has 4 nitrogen and oxygen atoms in total. The second kappa shape index (κ2) is 14.0. The number of aromatic nitrogens is 1. The number of nitrogens with zero attached hydrogens (tertiary/aromatic N) is 1. The van der Waals surface area contributed by atoms with Crippen LogP contribution in [0.5, 0.6) is 0 Å². The van der Waals surface area contributed by atoms with Crippen molar-refractivity contribution in [2.45, 2.75) is 96.4 Å². The van der Waals surface area contributed by atoms with Gasteiger partial charge in [0.2, 0.25) is 0 Å². The highest BCUT2D eigenvalue weighted by atomic mass is 16.5. The first-order valence-electron chi connectivity index (χ1n) is 11.9. The highest BCUT2D eigenvalue weighted by Gasteiger charge is 2.23. The molecule has 0 aliphatic heterocycles. The Bertz CT molecular complexity index is 765. The summed E-state index contributed by atoms with van der Waals surface area (Å²) >= 11 is 0. The van der Waals surface area contributed by atoms with Gasteiger partial charge in [0.25, 0.3) is 0 Å². The van der Waals surface area contributed by atoms with Gasteiger partial charge in [0.1, 0.15) is 6.04 Å². The molecule has 0 amide bonds. The number of ether oxygens (including phenoxy) is 1. The van der Waals surface area contributed by atoms with Crippen LogP contribution >= 0.6 is 0 Å². The molecule has 30 heavy (non-hydrogen) atoms. The Morgan fingerprint density at radius 2 is 1.50 bits per heavy atom. The summed E-state index contributed by atoms with van der Waals surface area (Å²) in [5.74, 6) is -0.240. The summed E-state index contributed by atoms with van der Waals surface area (Å²) in [5.41, 5.74) is 1.53. The highest BCUT2D eigenvalue weighted by molar-refractivity contribution is 5.98. The van der Waals surface area contributed by atoms with Crippen LogP contribution in [0.1, 0.15) is 107 Å². The zero-order valence-electron chi connectivity index (χ0n) is 18.9. The molecule has 1 heterocycles. The topological polar surface area (TPSA) is 48.3 Å². The van der Waals surface area contributed by atoms with Gasteiger partial charge in [-0.1, -0.05) is 102 Å². The summed E-state index contributed by atoms with van der Waals surface area (Å²) in [4.78, 5) is 23.9. The van der Waals surface area contributed by atoms with Crippen molar-refractivity contribution in [3.8, 4) is 0 Å². The molecule has 166 valence electrons. The van der Waals surface area contributed by atoms with Gasteiger partial charge in [-0.05, 0) is 12.5 Å². The zero-order chi connectivity index (χ0) is 21.6. The van der Waals surface area contributed by atoms with Gasteiger partial charge in [0.05, 0.1) is 7.11 Å². The molecule has 0 saturated heterocycles. The van der Waals surface area contributed by atoms with E-state index in [2.05, 4.69) is 6.92 Å². The van der Waals surface area contributed by atoms with E-state index < -0.39 is 0 Å². The van der Waals surface area contributed by atoms with Crippen LogP contribution in [0.25, 0.3) is 10.9 Å². The molecule has 2 rings (SSSR count). The summed E-state index contributed by atoms with van der Waals surface area (Å²) in [6.07, 6.45) is 18.9. The molecule has 0 aliphatic rings. The molecule has 2 aromatic rings. The SMILES string of the molecule is CCCCCCCCCCCCCCC(C(=O)OC)n1cc(C=O)c2ccccc21. The van der Waals surface area contributed by atoms with Crippen molar-refractivity contribution in [3.05, 3.63) is 36.0 Å². The summed E-state index contributed by atoms with van der Waals surface area (Å²) in [6, 6.07) is 7.36. The van der Waals surface area contributed by atoms with Crippen LogP contribution in [-0.2, 0) is 9.53 Å². The molecule has 0 radical (unpaired) electrons. The van der Waals surface area contributed by atoms with Crippen LogP contribution in [0.15, 0.2) is 30.5 Å². The van der Waals surface area contributed by atoms with Crippen LogP contribution in [-0.4, -0.2) is 23.9 Å². The molecular formula is C26H39NO3. The van der Waals surface area contributed by atoms with Crippen LogP contribution in [0.4, 0.5) is 0 Å². The number of hydrogen-bond donors (Lipinski definition) is 0. The quantitative estimate of drug-likeness (QED) is 0.165. The molecule has 0 aliphatic carbocycles. The number of unbranched alkanes of at least 4 members (excludes halogenated alkanes) is 11. The number of fused-ring (bicyclic) bond motifs is 1. The molecule has 0 bridgehead atoms. The molecule has 1 atom stereocenters. The number of benzene rings is 1. The van der Waals surface area contributed by atoms with E-state index in [1.54, 1.807) is 6.20 Å². The Labute approximate surface area is 182 Å². The van der Waals surface area contributed by atoms with Crippen LogP contribution in [0.3, 0.4) is 0 Å². The number of carbonyl (C=O) groups excluding carboxylic acids is 2. The van der Waals surface area contributed by atoms with Crippen molar-refractivity contribution in [1.82, 2.24) is 4.57 Å². The van der Waals surface area contributed by atoms with Gasteiger partial charge < -0.3 is 9.30 Å². The maximum Gasteiger partial charge on any atom is 0.328 e. The van der Waals surface area contributed by atoms with Crippen molar-refractivity contribution < 1.29 is 14.3 Å². The number of hydrogen-bond acceptors (Lipinski definition) is 3. The number of rotatable bonds is 16. The lowest BCUT2D eigenvalue weighted by Gasteiger charge is -2.18. The third kappa shape index (κ3) is 7.30. The summed E-state index contributed by atoms with van der Waals surface area (Å²) in [6.45, 7) is 2.26. The van der Waals surface area contributed by atoms with Gasteiger partial charge in [-0.2, -0.15) is 0 Å². The summed E-state index contributed by atoms with van der Waals surface area (Å²) in [7, 11) is 1.43. The third-order valence-corrected chi connectivity index (χ3v) is 6.04. The lowest BCUT2D eigenvalue weighted by Crippen LogP contribution is -2.20. The predicted octanol–water partition coefficient (Wildman–Crippen LogP) is 7.26. The van der Waals surface area contributed by atoms with Gasteiger partial charge in [0, 0.05) is 22.7 Å². The minimum atomic E-state index is -0.378. The molecule has 0 saturated carbocycles. The number of methoxy groups -OCH3 is 1. The first-order valence-corrected chi connectivity index (χ1v) is 11.9. The molecule has 1 aromatic carbocycles. The fraction of sp³-hybridized carbons (Fsp3) is 0.615. The minimum absolute atomic E-state index is 0.240. The number of carbonyl (C=O) groups is 2. The molecule has 4 heteroatoms. The Morgan fingerprint density at radius 1 is 0.933 bits per heavy atom. The largest absolute Gasteiger partial charge is 0.467 e. The maximum atomic E-state index is 12.5. The maximum absolute atomic E-state index is 12.5. The molecule has 0 spiro atoms.